The summed E-state index contributed by atoms with van der Waals surface area (Å²) in [6.45, 7) is 3.71. The Morgan fingerprint density at radius 1 is 1.16 bits per heavy atom. The van der Waals surface area contributed by atoms with E-state index in [4.69, 9.17) is 4.74 Å². The van der Waals surface area contributed by atoms with Crippen molar-refractivity contribution in [2.75, 3.05) is 18.5 Å². The van der Waals surface area contributed by atoms with Crippen molar-refractivity contribution in [2.45, 2.75) is 19.3 Å². The van der Waals surface area contributed by atoms with Crippen molar-refractivity contribution in [3.8, 4) is 5.75 Å². The molecule has 0 fully saturated rings. The molecule has 2 nitrogen and oxygen atoms in total. The summed E-state index contributed by atoms with van der Waals surface area (Å²) in [6, 6.07) is 16.9. The SMILES string of the molecule is CCOc1cccc(NCC2Cc3ccccc32)c1. The highest BCUT2D eigenvalue weighted by Gasteiger charge is 2.24. The van der Waals surface area contributed by atoms with Gasteiger partial charge in [0, 0.05) is 24.2 Å². The highest BCUT2D eigenvalue weighted by Crippen LogP contribution is 2.34. The van der Waals surface area contributed by atoms with Gasteiger partial charge in [-0.05, 0) is 36.6 Å². The van der Waals surface area contributed by atoms with Crippen molar-refractivity contribution in [3.05, 3.63) is 59.7 Å². The fraction of sp³-hybridized carbons (Fsp3) is 0.294. The van der Waals surface area contributed by atoms with Crippen LogP contribution in [0, 0.1) is 0 Å². The molecular formula is C17H19NO. The number of benzene rings is 2. The van der Waals surface area contributed by atoms with Crippen molar-refractivity contribution in [1.82, 2.24) is 0 Å². The van der Waals surface area contributed by atoms with Crippen LogP contribution in [0.4, 0.5) is 5.69 Å². The Hall–Kier alpha value is -1.96. The van der Waals surface area contributed by atoms with Gasteiger partial charge in [-0.15, -0.1) is 0 Å². The minimum Gasteiger partial charge on any atom is -0.494 e. The quantitative estimate of drug-likeness (QED) is 0.874. The molecule has 1 N–H and O–H groups in total. The molecule has 0 radical (unpaired) electrons. The Morgan fingerprint density at radius 2 is 2.05 bits per heavy atom. The normalized spacial score (nSPS) is 16.4. The van der Waals surface area contributed by atoms with Crippen LogP contribution in [0.2, 0.25) is 0 Å². The van der Waals surface area contributed by atoms with Crippen LogP contribution in [0.15, 0.2) is 48.5 Å². The Kier molecular flexibility index (Phi) is 3.41. The Balaban J connectivity index is 1.60. The average molecular weight is 253 g/mol. The van der Waals surface area contributed by atoms with Crippen molar-refractivity contribution in [3.63, 3.8) is 0 Å². The third-order valence-electron chi connectivity index (χ3n) is 3.66. The fourth-order valence-electron chi connectivity index (χ4n) is 2.65. The summed E-state index contributed by atoms with van der Waals surface area (Å²) in [7, 11) is 0. The molecule has 0 saturated carbocycles. The van der Waals surface area contributed by atoms with Crippen molar-refractivity contribution < 1.29 is 4.74 Å². The molecule has 0 amide bonds. The summed E-state index contributed by atoms with van der Waals surface area (Å²) >= 11 is 0. The van der Waals surface area contributed by atoms with Crippen molar-refractivity contribution >= 4 is 5.69 Å². The molecule has 1 unspecified atom stereocenters. The molecule has 0 heterocycles. The molecule has 98 valence electrons. The molecule has 2 aromatic carbocycles. The summed E-state index contributed by atoms with van der Waals surface area (Å²) in [5, 5.41) is 3.51. The molecular weight excluding hydrogens is 234 g/mol. The van der Waals surface area contributed by atoms with Gasteiger partial charge in [-0.25, -0.2) is 0 Å². The predicted molar refractivity (Wildman–Crippen MR) is 79.0 cm³/mol. The Bertz CT molecular complexity index is 565. The standard InChI is InChI=1S/C17H19NO/c1-2-19-16-8-5-7-15(11-16)18-12-14-10-13-6-3-4-9-17(13)14/h3-9,11,14,18H,2,10,12H2,1H3. The van der Waals surface area contributed by atoms with Gasteiger partial charge in [0.15, 0.2) is 0 Å². The van der Waals surface area contributed by atoms with Crippen LogP contribution in [0.5, 0.6) is 5.75 Å². The number of fused-ring (bicyclic) bond motifs is 1. The number of hydrogen-bond donors (Lipinski definition) is 1. The van der Waals surface area contributed by atoms with Crippen LogP contribution in [0.3, 0.4) is 0 Å². The summed E-state index contributed by atoms with van der Waals surface area (Å²) < 4.78 is 5.51. The minimum absolute atomic E-state index is 0.645. The van der Waals surface area contributed by atoms with Crippen LogP contribution >= 0.6 is 0 Å². The lowest BCUT2D eigenvalue weighted by molar-refractivity contribution is 0.340. The molecule has 0 aromatic heterocycles. The van der Waals surface area contributed by atoms with Crippen LogP contribution in [-0.2, 0) is 6.42 Å². The van der Waals surface area contributed by atoms with E-state index in [2.05, 4.69) is 41.7 Å². The molecule has 3 rings (SSSR count). The van der Waals surface area contributed by atoms with Gasteiger partial charge in [0.2, 0.25) is 0 Å². The van der Waals surface area contributed by atoms with E-state index >= 15 is 0 Å². The second kappa shape index (κ2) is 5.35. The van der Waals surface area contributed by atoms with Crippen molar-refractivity contribution in [1.29, 1.82) is 0 Å². The van der Waals surface area contributed by atoms with E-state index in [0.29, 0.717) is 12.5 Å². The maximum Gasteiger partial charge on any atom is 0.121 e. The summed E-state index contributed by atoms with van der Waals surface area (Å²) in [6.07, 6.45) is 1.19. The fourth-order valence-corrected chi connectivity index (χ4v) is 2.65. The van der Waals surface area contributed by atoms with Crippen molar-refractivity contribution in [2.24, 2.45) is 0 Å². The highest BCUT2D eigenvalue weighted by atomic mass is 16.5. The first-order chi connectivity index (χ1) is 9.36. The van der Waals surface area contributed by atoms with E-state index in [-0.39, 0.29) is 0 Å². The van der Waals surface area contributed by atoms with E-state index in [1.54, 1.807) is 0 Å². The number of ether oxygens (including phenoxy) is 1. The molecule has 19 heavy (non-hydrogen) atoms. The van der Waals surface area contributed by atoms with Gasteiger partial charge < -0.3 is 10.1 Å². The first-order valence-corrected chi connectivity index (χ1v) is 6.91. The maximum absolute atomic E-state index is 5.51. The zero-order chi connectivity index (χ0) is 13.1. The monoisotopic (exact) mass is 253 g/mol. The molecule has 0 aliphatic heterocycles. The van der Waals surface area contributed by atoms with Gasteiger partial charge in [0.25, 0.3) is 0 Å². The number of anilines is 1. The number of rotatable bonds is 5. The molecule has 1 atom stereocenters. The molecule has 2 heteroatoms. The number of nitrogens with one attached hydrogen (secondary N) is 1. The van der Waals surface area contributed by atoms with E-state index in [1.807, 2.05) is 19.1 Å². The largest absolute Gasteiger partial charge is 0.494 e. The first-order valence-electron chi connectivity index (χ1n) is 6.91. The lowest BCUT2D eigenvalue weighted by atomic mass is 9.77. The van der Waals surface area contributed by atoms with Crippen LogP contribution < -0.4 is 10.1 Å². The molecule has 0 bridgehead atoms. The van der Waals surface area contributed by atoms with E-state index in [1.165, 1.54) is 17.5 Å². The molecule has 2 aromatic rings. The topological polar surface area (TPSA) is 21.3 Å². The third-order valence-corrected chi connectivity index (χ3v) is 3.66. The zero-order valence-corrected chi connectivity index (χ0v) is 11.2. The lowest BCUT2D eigenvalue weighted by Gasteiger charge is -2.30. The summed E-state index contributed by atoms with van der Waals surface area (Å²) in [5.41, 5.74) is 4.13. The summed E-state index contributed by atoms with van der Waals surface area (Å²) in [4.78, 5) is 0. The van der Waals surface area contributed by atoms with E-state index in [9.17, 15) is 0 Å². The maximum atomic E-state index is 5.51. The molecule has 0 saturated heterocycles. The van der Waals surface area contributed by atoms with Gasteiger partial charge in [0.1, 0.15) is 5.75 Å². The third kappa shape index (κ3) is 2.58. The predicted octanol–water partition coefficient (Wildman–Crippen LogP) is 3.84. The Morgan fingerprint density at radius 3 is 2.89 bits per heavy atom. The summed E-state index contributed by atoms with van der Waals surface area (Å²) in [5.74, 6) is 1.58. The first kappa shape index (κ1) is 12.1. The zero-order valence-electron chi connectivity index (χ0n) is 11.2. The highest BCUT2D eigenvalue weighted by molar-refractivity contribution is 5.49. The smallest absolute Gasteiger partial charge is 0.121 e. The minimum atomic E-state index is 0.645. The van der Waals surface area contributed by atoms with Gasteiger partial charge in [-0.2, -0.15) is 0 Å². The van der Waals surface area contributed by atoms with Gasteiger partial charge in [-0.3, -0.25) is 0 Å². The van der Waals surface area contributed by atoms with Crippen LogP contribution in [0.25, 0.3) is 0 Å². The molecule has 1 aliphatic rings. The van der Waals surface area contributed by atoms with Gasteiger partial charge >= 0.3 is 0 Å². The average Bonchev–Trinajstić information content (AvgIpc) is 2.41. The van der Waals surface area contributed by atoms with Gasteiger partial charge in [-0.1, -0.05) is 30.3 Å². The lowest BCUT2D eigenvalue weighted by Crippen LogP contribution is -2.24. The van der Waals surface area contributed by atoms with E-state index < -0.39 is 0 Å². The van der Waals surface area contributed by atoms with E-state index in [0.717, 1.165) is 18.0 Å². The van der Waals surface area contributed by atoms with Gasteiger partial charge in [0.05, 0.1) is 6.61 Å². The second-order valence-electron chi connectivity index (χ2n) is 4.94. The van der Waals surface area contributed by atoms with Crippen LogP contribution in [0.1, 0.15) is 24.0 Å². The molecule has 0 spiro atoms. The number of hydrogen-bond acceptors (Lipinski definition) is 2. The second-order valence-corrected chi connectivity index (χ2v) is 4.94. The van der Waals surface area contributed by atoms with Crippen LogP contribution in [-0.4, -0.2) is 13.2 Å². The molecule has 1 aliphatic carbocycles. The Labute approximate surface area is 114 Å².